The zero-order chi connectivity index (χ0) is 19.5. The maximum Gasteiger partial charge on any atom is 0.255 e. The lowest BCUT2D eigenvalue weighted by Gasteiger charge is -2.42. The van der Waals surface area contributed by atoms with Crippen LogP contribution < -0.4 is 10.1 Å². The number of benzene rings is 3. The van der Waals surface area contributed by atoms with Crippen molar-refractivity contribution in [2.75, 3.05) is 18.9 Å². The molecule has 1 atom stereocenters. The van der Waals surface area contributed by atoms with Crippen molar-refractivity contribution in [2.24, 2.45) is 0 Å². The zero-order valence-electron chi connectivity index (χ0n) is 16.2. The van der Waals surface area contributed by atoms with Crippen LogP contribution in [0.3, 0.4) is 0 Å². The number of carbonyl (C=O) groups excluding carboxylic acids is 1. The highest BCUT2D eigenvalue weighted by molar-refractivity contribution is 6.02. The van der Waals surface area contributed by atoms with Crippen LogP contribution in [0.25, 0.3) is 0 Å². The van der Waals surface area contributed by atoms with E-state index in [1.54, 1.807) is 0 Å². The summed E-state index contributed by atoms with van der Waals surface area (Å²) in [5.74, 6) is 1.62. The van der Waals surface area contributed by atoms with Crippen LogP contribution in [0, 0.1) is 6.92 Å². The summed E-state index contributed by atoms with van der Waals surface area (Å²) in [5.41, 5.74) is 5.20. The molecule has 4 heteroatoms. The molecule has 3 aromatic rings. The van der Waals surface area contributed by atoms with Crippen LogP contribution in [0.4, 0.5) is 5.69 Å². The average Bonchev–Trinajstić information content (AvgIpc) is 2.91. The summed E-state index contributed by atoms with van der Waals surface area (Å²) in [6, 6.07) is 20.3. The van der Waals surface area contributed by atoms with Gasteiger partial charge in [0.05, 0.1) is 0 Å². The summed E-state index contributed by atoms with van der Waals surface area (Å²) in [4.78, 5) is 15.1. The van der Waals surface area contributed by atoms with Crippen molar-refractivity contribution in [3.63, 3.8) is 0 Å². The van der Waals surface area contributed by atoms with E-state index < -0.39 is 5.54 Å². The lowest BCUT2D eigenvalue weighted by molar-refractivity contribution is 0.0727. The van der Waals surface area contributed by atoms with Crippen molar-refractivity contribution in [3.05, 3.63) is 88.5 Å². The first-order valence-corrected chi connectivity index (χ1v) is 9.62. The lowest BCUT2D eigenvalue weighted by Crippen LogP contribution is -2.44. The number of aryl methyl sites for hydroxylation is 1. The molecule has 2 aliphatic rings. The Labute approximate surface area is 164 Å². The van der Waals surface area contributed by atoms with Gasteiger partial charge in [0.2, 0.25) is 0 Å². The molecule has 1 N–H and O–H groups in total. The number of ether oxygens (including phenoxy) is 1. The van der Waals surface area contributed by atoms with Gasteiger partial charge >= 0.3 is 0 Å². The van der Waals surface area contributed by atoms with E-state index in [1.165, 1.54) is 0 Å². The molecule has 4 nitrogen and oxygen atoms in total. The standard InChI is InChI=1S/C24H22N2O2/c1-4-25-16-10-12-20-22(14-16)28-21-13-15(2)9-11-19(21)24(20)18-8-6-5-7-17(18)23(27)26(24)3/h5-14,25H,4H2,1-3H3. The second-order valence-corrected chi connectivity index (χ2v) is 7.46. The van der Waals surface area contributed by atoms with Crippen molar-refractivity contribution in [3.8, 4) is 11.5 Å². The third-order valence-corrected chi connectivity index (χ3v) is 5.85. The number of hydrogen-bond donors (Lipinski definition) is 1. The SMILES string of the molecule is CCNc1ccc2c(c1)Oc1cc(C)ccc1C21c2ccccc2C(=O)N1C. The second-order valence-electron chi connectivity index (χ2n) is 7.46. The fourth-order valence-electron chi connectivity index (χ4n) is 4.65. The largest absolute Gasteiger partial charge is 0.456 e. The van der Waals surface area contributed by atoms with Gasteiger partial charge in [-0.3, -0.25) is 4.79 Å². The number of anilines is 1. The molecule has 0 aliphatic carbocycles. The maximum atomic E-state index is 13.2. The Kier molecular flexibility index (Phi) is 3.53. The molecule has 1 amide bonds. The van der Waals surface area contributed by atoms with Gasteiger partial charge in [0, 0.05) is 42.0 Å². The van der Waals surface area contributed by atoms with Gasteiger partial charge in [-0.1, -0.05) is 36.4 Å². The van der Waals surface area contributed by atoms with Gasteiger partial charge in [-0.05, 0) is 43.2 Å². The average molecular weight is 370 g/mol. The number of nitrogens with one attached hydrogen (secondary N) is 1. The quantitative estimate of drug-likeness (QED) is 0.697. The minimum atomic E-state index is -0.685. The van der Waals surface area contributed by atoms with E-state index >= 15 is 0 Å². The first kappa shape index (κ1) is 16.9. The molecule has 2 aliphatic heterocycles. The molecule has 0 radical (unpaired) electrons. The normalized spacial score (nSPS) is 19.1. The van der Waals surface area contributed by atoms with Crippen molar-refractivity contribution >= 4 is 11.6 Å². The smallest absolute Gasteiger partial charge is 0.255 e. The first-order chi connectivity index (χ1) is 13.6. The minimum Gasteiger partial charge on any atom is -0.456 e. The Morgan fingerprint density at radius 1 is 0.964 bits per heavy atom. The van der Waals surface area contributed by atoms with Crippen LogP contribution >= 0.6 is 0 Å². The maximum absolute atomic E-state index is 13.2. The number of amides is 1. The van der Waals surface area contributed by atoms with Gasteiger partial charge < -0.3 is 15.0 Å². The van der Waals surface area contributed by atoms with E-state index in [-0.39, 0.29) is 5.91 Å². The summed E-state index contributed by atoms with van der Waals surface area (Å²) >= 11 is 0. The number of rotatable bonds is 2. The molecule has 28 heavy (non-hydrogen) atoms. The third-order valence-electron chi connectivity index (χ3n) is 5.85. The van der Waals surface area contributed by atoms with Crippen LogP contribution in [0.2, 0.25) is 0 Å². The Hall–Kier alpha value is -3.27. The molecule has 2 heterocycles. The molecule has 0 saturated carbocycles. The highest BCUT2D eigenvalue weighted by Gasteiger charge is 2.54. The van der Waals surface area contributed by atoms with Crippen molar-refractivity contribution in [1.82, 2.24) is 4.90 Å². The minimum absolute atomic E-state index is 0.0331. The highest BCUT2D eigenvalue weighted by atomic mass is 16.5. The highest BCUT2D eigenvalue weighted by Crippen LogP contribution is 2.57. The predicted molar refractivity (Wildman–Crippen MR) is 110 cm³/mol. The van der Waals surface area contributed by atoms with E-state index in [1.807, 2.05) is 36.2 Å². The molecule has 1 spiro atoms. The van der Waals surface area contributed by atoms with Crippen LogP contribution in [-0.4, -0.2) is 24.4 Å². The second kappa shape index (κ2) is 5.86. The number of fused-ring (bicyclic) bond motifs is 6. The summed E-state index contributed by atoms with van der Waals surface area (Å²) < 4.78 is 6.35. The fraction of sp³-hybridized carbons (Fsp3) is 0.208. The first-order valence-electron chi connectivity index (χ1n) is 9.62. The van der Waals surface area contributed by atoms with Crippen LogP contribution in [-0.2, 0) is 5.54 Å². The Balaban J connectivity index is 1.88. The van der Waals surface area contributed by atoms with Crippen LogP contribution in [0.5, 0.6) is 11.5 Å². The summed E-state index contributed by atoms with van der Waals surface area (Å²) in [5, 5.41) is 3.35. The number of hydrogen-bond acceptors (Lipinski definition) is 3. The zero-order valence-corrected chi connectivity index (χ0v) is 16.2. The molecule has 140 valence electrons. The molecular weight excluding hydrogens is 348 g/mol. The summed E-state index contributed by atoms with van der Waals surface area (Å²) in [6.45, 7) is 4.96. The van der Waals surface area contributed by atoms with Gasteiger partial charge in [-0.15, -0.1) is 0 Å². The molecule has 0 fully saturated rings. The lowest BCUT2D eigenvalue weighted by atomic mass is 9.75. The Morgan fingerprint density at radius 3 is 2.46 bits per heavy atom. The van der Waals surface area contributed by atoms with Gasteiger partial charge in [0.25, 0.3) is 5.91 Å². The Bertz CT molecular complexity index is 1120. The summed E-state index contributed by atoms with van der Waals surface area (Å²) in [7, 11) is 1.89. The van der Waals surface area contributed by atoms with E-state index in [0.717, 1.165) is 51.5 Å². The van der Waals surface area contributed by atoms with E-state index in [4.69, 9.17) is 4.74 Å². The van der Waals surface area contributed by atoms with E-state index in [9.17, 15) is 4.79 Å². The van der Waals surface area contributed by atoms with Crippen molar-refractivity contribution in [2.45, 2.75) is 19.4 Å². The van der Waals surface area contributed by atoms with Crippen LogP contribution in [0.15, 0.2) is 60.7 Å². The topological polar surface area (TPSA) is 41.6 Å². The van der Waals surface area contributed by atoms with Gasteiger partial charge in [-0.25, -0.2) is 0 Å². The molecule has 0 saturated heterocycles. The van der Waals surface area contributed by atoms with Gasteiger partial charge in [0.1, 0.15) is 17.0 Å². The predicted octanol–water partition coefficient (Wildman–Crippen LogP) is 4.91. The fourth-order valence-corrected chi connectivity index (χ4v) is 4.65. The van der Waals surface area contributed by atoms with E-state index in [0.29, 0.717) is 0 Å². The van der Waals surface area contributed by atoms with E-state index in [2.05, 4.69) is 55.6 Å². The van der Waals surface area contributed by atoms with Crippen LogP contribution in [0.1, 0.15) is 39.5 Å². The molecule has 1 unspecified atom stereocenters. The Morgan fingerprint density at radius 2 is 1.68 bits per heavy atom. The molecule has 0 bridgehead atoms. The molecule has 0 aromatic heterocycles. The summed E-state index contributed by atoms with van der Waals surface area (Å²) in [6.07, 6.45) is 0. The number of nitrogens with zero attached hydrogens (tertiary/aromatic N) is 1. The van der Waals surface area contributed by atoms with Crippen molar-refractivity contribution < 1.29 is 9.53 Å². The third kappa shape index (κ3) is 2.03. The molecule has 3 aromatic carbocycles. The molecule has 5 rings (SSSR count). The van der Waals surface area contributed by atoms with Gasteiger partial charge in [-0.2, -0.15) is 0 Å². The van der Waals surface area contributed by atoms with Crippen molar-refractivity contribution in [1.29, 1.82) is 0 Å². The molecular formula is C24H22N2O2. The number of carbonyl (C=O) groups is 1. The van der Waals surface area contributed by atoms with Gasteiger partial charge in [0.15, 0.2) is 0 Å². The monoisotopic (exact) mass is 370 g/mol.